The molecule has 0 aliphatic carbocycles. The predicted molar refractivity (Wildman–Crippen MR) is 100 cm³/mol. The standard InChI is InChI=1S/C18H20N8O/c1-5-13-22-23-14(27-13)10-25(3)17-15-11(2)24-26(4)18(15)21-16(20-17)12-6-8-19-9-7-12/h6-9H,5,10H2,1-4H3. The average Bonchev–Trinajstić information content (AvgIpc) is 3.26. The summed E-state index contributed by atoms with van der Waals surface area (Å²) in [6, 6.07) is 3.78. The molecule has 9 heteroatoms. The molecule has 0 unspecified atom stereocenters. The fourth-order valence-electron chi connectivity index (χ4n) is 3.00. The average molecular weight is 364 g/mol. The maximum Gasteiger partial charge on any atom is 0.235 e. The maximum absolute atomic E-state index is 5.65. The normalized spacial score (nSPS) is 11.3. The number of nitrogens with zero attached hydrogens (tertiary/aromatic N) is 8. The summed E-state index contributed by atoms with van der Waals surface area (Å²) in [7, 11) is 3.83. The van der Waals surface area contributed by atoms with Crippen LogP contribution in [-0.2, 0) is 20.0 Å². The molecule has 9 nitrogen and oxygen atoms in total. The van der Waals surface area contributed by atoms with Crippen LogP contribution in [0.2, 0.25) is 0 Å². The molecular formula is C18H20N8O. The third-order valence-electron chi connectivity index (χ3n) is 4.32. The second kappa shape index (κ2) is 6.75. The van der Waals surface area contributed by atoms with Crippen LogP contribution in [0.1, 0.15) is 24.4 Å². The molecule has 4 aromatic rings. The van der Waals surface area contributed by atoms with Crippen LogP contribution in [0.15, 0.2) is 28.9 Å². The molecule has 138 valence electrons. The molecule has 4 heterocycles. The van der Waals surface area contributed by atoms with E-state index in [9.17, 15) is 0 Å². The van der Waals surface area contributed by atoms with Gasteiger partial charge in [0, 0.05) is 38.5 Å². The molecule has 0 atom stereocenters. The Hall–Kier alpha value is -3.36. The van der Waals surface area contributed by atoms with Crippen LogP contribution >= 0.6 is 0 Å². The molecule has 0 saturated carbocycles. The molecule has 0 spiro atoms. The lowest BCUT2D eigenvalue weighted by Gasteiger charge is -2.18. The van der Waals surface area contributed by atoms with Crippen LogP contribution in [0.4, 0.5) is 5.82 Å². The Morgan fingerprint density at radius 1 is 1.11 bits per heavy atom. The van der Waals surface area contributed by atoms with Gasteiger partial charge in [0.1, 0.15) is 5.82 Å². The fourth-order valence-corrected chi connectivity index (χ4v) is 3.00. The van der Waals surface area contributed by atoms with Gasteiger partial charge in [0.2, 0.25) is 11.8 Å². The summed E-state index contributed by atoms with van der Waals surface area (Å²) in [6.07, 6.45) is 4.17. The second-order valence-corrected chi connectivity index (χ2v) is 6.31. The highest BCUT2D eigenvalue weighted by Crippen LogP contribution is 2.29. The Balaban J connectivity index is 1.82. The van der Waals surface area contributed by atoms with E-state index in [0.717, 1.165) is 28.1 Å². The number of aryl methyl sites for hydroxylation is 3. The van der Waals surface area contributed by atoms with Gasteiger partial charge in [0.05, 0.1) is 17.6 Å². The third kappa shape index (κ3) is 3.12. The highest BCUT2D eigenvalue weighted by Gasteiger charge is 2.20. The molecule has 0 aliphatic rings. The van der Waals surface area contributed by atoms with Crippen molar-refractivity contribution in [1.29, 1.82) is 0 Å². The highest BCUT2D eigenvalue weighted by molar-refractivity contribution is 5.91. The monoisotopic (exact) mass is 364 g/mol. The lowest BCUT2D eigenvalue weighted by Crippen LogP contribution is -2.19. The number of hydrogen-bond acceptors (Lipinski definition) is 8. The summed E-state index contributed by atoms with van der Waals surface area (Å²) in [6.45, 7) is 4.38. The Morgan fingerprint density at radius 2 is 1.85 bits per heavy atom. The largest absolute Gasteiger partial charge is 0.423 e. The lowest BCUT2D eigenvalue weighted by molar-refractivity contribution is 0.452. The third-order valence-corrected chi connectivity index (χ3v) is 4.32. The van der Waals surface area contributed by atoms with Crippen LogP contribution in [0.25, 0.3) is 22.4 Å². The minimum absolute atomic E-state index is 0.448. The number of fused-ring (bicyclic) bond motifs is 1. The molecule has 4 rings (SSSR count). The molecule has 0 saturated heterocycles. The Labute approximate surface area is 156 Å². The van der Waals surface area contributed by atoms with Gasteiger partial charge in [0.15, 0.2) is 11.5 Å². The van der Waals surface area contributed by atoms with E-state index in [1.54, 1.807) is 17.1 Å². The zero-order valence-corrected chi connectivity index (χ0v) is 15.7. The van der Waals surface area contributed by atoms with Crippen molar-refractivity contribution < 1.29 is 4.42 Å². The van der Waals surface area contributed by atoms with E-state index in [1.807, 2.05) is 45.0 Å². The summed E-state index contributed by atoms with van der Waals surface area (Å²) < 4.78 is 7.43. The number of anilines is 1. The van der Waals surface area contributed by atoms with Gasteiger partial charge >= 0.3 is 0 Å². The van der Waals surface area contributed by atoms with E-state index in [-0.39, 0.29) is 0 Å². The van der Waals surface area contributed by atoms with Gasteiger partial charge in [-0.3, -0.25) is 9.67 Å². The smallest absolute Gasteiger partial charge is 0.235 e. The number of aromatic nitrogens is 7. The zero-order chi connectivity index (χ0) is 19.0. The first-order valence-electron chi connectivity index (χ1n) is 8.71. The molecule has 27 heavy (non-hydrogen) atoms. The van der Waals surface area contributed by atoms with E-state index < -0.39 is 0 Å². The first-order chi connectivity index (χ1) is 13.1. The molecule has 0 aliphatic heterocycles. The van der Waals surface area contributed by atoms with Crippen LogP contribution in [0, 0.1) is 6.92 Å². The van der Waals surface area contributed by atoms with Crippen molar-refractivity contribution in [1.82, 2.24) is 34.9 Å². The SMILES string of the molecule is CCc1nnc(CN(C)c2nc(-c3ccncc3)nc3c2c(C)nn3C)o1. The minimum Gasteiger partial charge on any atom is -0.423 e. The summed E-state index contributed by atoms with van der Waals surface area (Å²) in [5.74, 6) is 2.57. The molecule has 0 fully saturated rings. The zero-order valence-electron chi connectivity index (χ0n) is 15.7. The molecule has 4 aromatic heterocycles. The summed E-state index contributed by atoms with van der Waals surface area (Å²) >= 11 is 0. The summed E-state index contributed by atoms with van der Waals surface area (Å²) in [4.78, 5) is 15.6. The number of hydrogen-bond donors (Lipinski definition) is 0. The predicted octanol–water partition coefficient (Wildman–Crippen LogP) is 2.32. The maximum atomic E-state index is 5.65. The number of rotatable bonds is 5. The lowest BCUT2D eigenvalue weighted by atomic mass is 10.2. The van der Waals surface area contributed by atoms with E-state index in [4.69, 9.17) is 14.4 Å². The van der Waals surface area contributed by atoms with Crippen LogP contribution < -0.4 is 4.90 Å². The molecule has 0 N–H and O–H groups in total. The van der Waals surface area contributed by atoms with Crippen molar-refractivity contribution in [3.63, 3.8) is 0 Å². The van der Waals surface area contributed by atoms with E-state index in [2.05, 4.69) is 20.3 Å². The number of pyridine rings is 1. The fraction of sp³-hybridized carbons (Fsp3) is 0.333. The van der Waals surface area contributed by atoms with Crippen molar-refractivity contribution >= 4 is 16.9 Å². The van der Waals surface area contributed by atoms with E-state index >= 15 is 0 Å². The molecule has 0 aromatic carbocycles. The van der Waals surface area contributed by atoms with Gasteiger partial charge in [-0.25, -0.2) is 9.97 Å². The van der Waals surface area contributed by atoms with Crippen LogP contribution in [0.3, 0.4) is 0 Å². The van der Waals surface area contributed by atoms with E-state index in [1.165, 1.54) is 0 Å². The van der Waals surface area contributed by atoms with Gasteiger partial charge in [0.25, 0.3) is 0 Å². The van der Waals surface area contributed by atoms with Crippen molar-refractivity contribution in [3.8, 4) is 11.4 Å². The van der Waals surface area contributed by atoms with Crippen LogP contribution in [0.5, 0.6) is 0 Å². The Kier molecular flexibility index (Phi) is 4.27. The molecular weight excluding hydrogens is 344 g/mol. The van der Waals surface area contributed by atoms with Gasteiger partial charge < -0.3 is 9.32 Å². The first-order valence-corrected chi connectivity index (χ1v) is 8.71. The molecule has 0 amide bonds. The quantitative estimate of drug-likeness (QED) is 0.532. The summed E-state index contributed by atoms with van der Waals surface area (Å²) in [5.41, 5.74) is 2.54. The molecule has 0 radical (unpaired) electrons. The van der Waals surface area contributed by atoms with Crippen molar-refractivity contribution in [3.05, 3.63) is 42.0 Å². The second-order valence-electron chi connectivity index (χ2n) is 6.31. The topological polar surface area (TPSA) is 98.6 Å². The minimum atomic E-state index is 0.448. The highest BCUT2D eigenvalue weighted by atomic mass is 16.4. The van der Waals surface area contributed by atoms with Crippen LogP contribution in [-0.4, -0.2) is 42.0 Å². The first kappa shape index (κ1) is 17.1. The van der Waals surface area contributed by atoms with Gasteiger partial charge in [-0.2, -0.15) is 5.10 Å². The molecule has 0 bridgehead atoms. The van der Waals surface area contributed by atoms with Gasteiger partial charge in [-0.15, -0.1) is 10.2 Å². The van der Waals surface area contributed by atoms with Gasteiger partial charge in [-0.1, -0.05) is 6.92 Å². The van der Waals surface area contributed by atoms with Gasteiger partial charge in [-0.05, 0) is 19.1 Å². The van der Waals surface area contributed by atoms with Crippen molar-refractivity contribution in [2.75, 3.05) is 11.9 Å². The summed E-state index contributed by atoms with van der Waals surface area (Å²) in [5, 5.41) is 13.6. The Bertz CT molecular complexity index is 1090. The Morgan fingerprint density at radius 3 is 2.56 bits per heavy atom. The van der Waals surface area contributed by atoms with Crippen molar-refractivity contribution in [2.45, 2.75) is 26.8 Å². The van der Waals surface area contributed by atoms with Crippen molar-refractivity contribution in [2.24, 2.45) is 7.05 Å². The van der Waals surface area contributed by atoms with E-state index in [0.29, 0.717) is 30.6 Å².